The lowest BCUT2D eigenvalue weighted by Crippen LogP contribution is -2.40. The molecule has 2 aliphatic heterocycles. The molecule has 0 aromatic heterocycles. The fraction of sp³-hybridized carbons (Fsp3) is 0.579. The van der Waals surface area contributed by atoms with Crippen molar-refractivity contribution in [2.24, 2.45) is 11.3 Å². The van der Waals surface area contributed by atoms with Crippen LogP contribution in [0.25, 0.3) is 0 Å². The van der Waals surface area contributed by atoms with E-state index in [9.17, 15) is 14.7 Å². The number of nitrogens with zero attached hydrogens (tertiary/aromatic N) is 1. The molecule has 6 heteroatoms. The largest absolute Gasteiger partial charge is 0.490 e. The van der Waals surface area contributed by atoms with Crippen LogP contribution in [0, 0.1) is 11.3 Å². The molecule has 1 unspecified atom stereocenters. The quantitative estimate of drug-likeness (QED) is 0.849. The van der Waals surface area contributed by atoms with E-state index in [4.69, 9.17) is 4.74 Å². The molecule has 2 N–H and O–H groups in total. The van der Waals surface area contributed by atoms with Gasteiger partial charge in [0.1, 0.15) is 11.2 Å². The van der Waals surface area contributed by atoms with Crippen LogP contribution in [0.15, 0.2) is 24.3 Å². The summed E-state index contributed by atoms with van der Waals surface area (Å²) in [7, 11) is 0. The Kier molecular flexibility index (Phi) is 4.15. The van der Waals surface area contributed by atoms with Crippen LogP contribution in [0.1, 0.15) is 31.2 Å². The molecular formula is C19H24N2O4. The number of carbonyl (C=O) groups excluding carboxylic acids is 1. The van der Waals surface area contributed by atoms with Gasteiger partial charge < -0.3 is 15.2 Å². The summed E-state index contributed by atoms with van der Waals surface area (Å²) in [6.07, 6.45) is 5.11. The standard InChI is InChI=1S/C19H24N2O4/c22-17-16-10-21(12-19(16,11-20-17)18(23)24)9-13-5-7-15(8-6-13)25-14-3-1-2-4-14/h5-8,14,16H,1-4,9-12H2,(H,20,22)(H,23,24)/t16?,19-/m1/s1. The van der Waals surface area contributed by atoms with Gasteiger partial charge in [-0.15, -0.1) is 0 Å². The van der Waals surface area contributed by atoms with Gasteiger partial charge in [-0.2, -0.15) is 0 Å². The topological polar surface area (TPSA) is 78.9 Å². The number of hydrogen-bond donors (Lipinski definition) is 2. The van der Waals surface area contributed by atoms with Crippen LogP contribution in [0.2, 0.25) is 0 Å². The van der Waals surface area contributed by atoms with Crippen molar-refractivity contribution in [1.82, 2.24) is 10.2 Å². The molecule has 3 aliphatic rings. The Hall–Kier alpha value is -2.08. The second kappa shape index (κ2) is 6.33. The predicted octanol–water partition coefficient (Wildman–Crippen LogP) is 1.64. The lowest BCUT2D eigenvalue weighted by Gasteiger charge is -2.22. The average molecular weight is 344 g/mol. The summed E-state index contributed by atoms with van der Waals surface area (Å²) < 4.78 is 5.98. The summed E-state index contributed by atoms with van der Waals surface area (Å²) in [6.45, 7) is 1.80. The Labute approximate surface area is 147 Å². The van der Waals surface area contributed by atoms with Gasteiger partial charge >= 0.3 is 5.97 Å². The number of aliphatic carboxylic acids is 1. The Morgan fingerprint density at radius 3 is 2.64 bits per heavy atom. The van der Waals surface area contributed by atoms with E-state index >= 15 is 0 Å². The van der Waals surface area contributed by atoms with Gasteiger partial charge in [0.25, 0.3) is 0 Å². The number of likely N-dealkylation sites (tertiary alicyclic amines) is 1. The third kappa shape index (κ3) is 2.99. The van der Waals surface area contributed by atoms with E-state index in [1.807, 2.05) is 24.3 Å². The van der Waals surface area contributed by atoms with Crippen LogP contribution >= 0.6 is 0 Å². The van der Waals surface area contributed by atoms with Gasteiger partial charge in [-0.3, -0.25) is 14.5 Å². The molecule has 4 rings (SSSR count). The van der Waals surface area contributed by atoms with Gasteiger partial charge in [0, 0.05) is 26.2 Å². The molecule has 25 heavy (non-hydrogen) atoms. The normalized spacial score (nSPS) is 29.6. The van der Waals surface area contributed by atoms with Gasteiger partial charge in [0.2, 0.25) is 5.91 Å². The number of fused-ring (bicyclic) bond motifs is 1. The third-order valence-corrected chi connectivity index (χ3v) is 5.87. The molecule has 134 valence electrons. The Morgan fingerprint density at radius 1 is 1.28 bits per heavy atom. The van der Waals surface area contributed by atoms with E-state index < -0.39 is 17.3 Å². The minimum absolute atomic E-state index is 0.134. The lowest BCUT2D eigenvalue weighted by molar-refractivity contribution is -0.149. The zero-order chi connectivity index (χ0) is 17.4. The zero-order valence-electron chi connectivity index (χ0n) is 14.2. The number of carboxylic acid groups (broad SMARTS) is 1. The van der Waals surface area contributed by atoms with E-state index in [2.05, 4.69) is 10.2 Å². The van der Waals surface area contributed by atoms with Crippen LogP contribution < -0.4 is 10.1 Å². The SMILES string of the molecule is O=C1NC[C@@]2(C(=O)O)CN(Cc3ccc(OC4CCCC4)cc3)CC12. The van der Waals surface area contributed by atoms with Crippen LogP contribution in [0.3, 0.4) is 0 Å². The van der Waals surface area contributed by atoms with Crippen LogP contribution in [-0.2, 0) is 16.1 Å². The second-order valence-corrected chi connectivity index (χ2v) is 7.57. The number of benzene rings is 1. The van der Waals surface area contributed by atoms with Crippen LogP contribution in [0.4, 0.5) is 0 Å². The maximum absolute atomic E-state index is 12.0. The van der Waals surface area contributed by atoms with Crippen molar-refractivity contribution in [2.75, 3.05) is 19.6 Å². The van der Waals surface area contributed by atoms with Gasteiger partial charge in [0.15, 0.2) is 0 Å². The first-order valence-electron chi connectivity index (χ1n) is 9.06. The maximum atomic E-state index is 12.0. The molecule has 1 aromatic rings. The monoisotopic (exact) mass is 344 g/mol. The summed E-state index contributed by atoms with van der Waals surface area (Å²) in [5, 5.41) is 12.3. The summed E-state index contributed by atoms with van der Waals surface area (Å²) >= 11 is 0. The first-order chi connectivity index (χ1) is 12.1. The predicted molar refractivity (Wildman–Crippen MR) is 91.2 cm³/mol. The van der Waals surface area contributed by atoms with Gasteiger partial charge in [0.05, 0.1) is 12.0 Å². The molecule has 2 saturated heterocycles. The van der Waals surface area contributed by atoms with Crippen LogP contribution in [0.5, 0.6) is 5.75 Å². The number of hydrogen-bond acceptors (Lipinski definition) is 4. The summed E-state index contributed by atoms with van der Waals surface area (Å²) in [5.41, 5.74) is 0.141. The Morgan fingerprint density at radius 2 is 2.00 bits per heavy atom. The molecule has 6 nitrogen and oxygen atoms in total. The first-order valence-corrected chi connectivity index (χ1v) is 9.06. The van der Waals surface area contributed by atoms with Gasteiger partial charge in [-0.25, -0.2) is 0 Å². The lowest BCUT2D eigenvalue weighted by atomic mass is 9.81. The Bertz CT molecular complexity index is 669. The van der Waals surface area contributed by atoms with Crippen molar-refractivity contribution in [1.29, 1.82) is 0 Å². The van der Waals surface area contributed by atoms with Gasteiger partial charge in [-0.05, 0) is 43.4 Å². The molecular weight excluding hydrogens is 320 g/mol. The highest BCUT2D eigenvalue weighted by molar-refractivity contribution is 5.92. The van der Waals surface area contributed by atoms with E-state index in [1.165, 1.54) is 12.8 Å². The maximum Gasteiger partial charge on any atom is 0.313 e. The Balaban J connectivity index is 1.39. The number of carbonyl (C=O) groups is 2. The van der Waals surface area contributed by atoms with Crippen molar-refractivity contribution < 1.29 is 19.4 Å². The van der Waals surface area contributed by atoms with E-state index in [0.29, 0.717) is 25.7 Å². The minimum Gasteiger partial charge on any atom is -0.490 e. The molecule has 2 heterocycles. The number of carboxylic acids is 1. The molecule has 1 amide bonds. The first kappa shape index (κ1) is 16.4. The summed E-state index contributed by atoms with van der Waals surface area (Å²) in [6, 6.07) is 8.05. The zero-order valence-corrected chi connectivity index (χ0v) is 14.2. The molecule has 1 aromatic carbocycles. The van der Waals surface area contributed by atoms with Crippen molar-refractivity contribution in [3.63, 3.8) is 0 Å². The van der Waals surface area contributed by atoms with Crippen molar-refractivity contribution in [2.45, 2.75) is 38.3 Å². The van der Waals surface area contributed by atoms with Gasteiger partial charge in [-0.1, -0.05) is 12.1 Å². The molecule has 1 aliphatic carbocycles. The highest BCUT2D eigenvalue weighted by Gasteiger charge is 2.59. The fourth-order valence-corrected chi connectivity index (χ4v) is 4.43. The van der Waals surface area contributed by atoms with E-state index in [-0.39, 0.29) is 12.5 Å². The molecule has 0 radical (unpaired) electrons. The van der Waals surface area contributed by atoms with Crippen LogP contribution in [-0.4, -0.2) is 47.6 Å². The molecule has 3 fully saturated rings. The van der Waals surface area contributed by atoms with Crippen molar-refractivity contribution >= 4 is 11.9 Å². The third-order valence-electron chi connectivity index (χ3n) is 5.87. The molecule has 2 atom stereocenters. The second-order valence-electron chi connectivity index (χ2n) is 7.57. The highest BCUT2D eigenvalue weighted by atomic mass is 16.5. The minimum atomic E-state index is -0.970. The van der Waals surface area contributed by atoms with E-state index in [0.717, 1.165) is 24.2 Å². The van der Waals surface area contributed by atoms with Crippen molar-refractivity contribution in [3.05, 3.63) is 29.8 Å². The molecule has 1 saturated carbocycles. The number of amides is 1. The highest BCUT2D eigenvalue weighted by Crippen LogP contribution is 2.40. The summed E-state index contributed by atoms with van der Waals surface area (Å²) in [4.78, 5) is 25.8. The fourth-order valence-electron chi connectivity index (χ4n) is 4.43. The smallest absolute Gasteiger partial charge is 0.313 e. The number of nitrogens with one attached hydrogen (secondary N) is 1. The van der Waals surface area contributed by atoms with E-state index in [1.54, 1.807) is 0 Å². The molecule has 0 spiro atoms. The number of rotatable bonds is 5. The summed E-state index contributed by atoms with van der Waals surface area (Å²) in [5.74, 6) is -0.561. The average Bonchev–Trinajstić information content (AvgIpc) is 3.28. The van der Waals surface area contributed by atoms with Crippen molar-refractivity contribution in [3.8, 4) is 5.75 Å². The molecule has 0 bridgehead atoms. The number of ether oxygens (including phenoxy) is 1.